The van der Waals surface area contributed by atoms with Gasteiger partial charge in [0.1, 0.15) is 0 Å². The van der Waals surface area contributed by atoms with Crippen LogP contribution in [0.2, 0.25) is 0 Å². The molecule has 2 fully saturated rings. The molecule has 0 radical (unpaired) electrons. The second kappa shape index (κ2) is 4.75. The van der Waals surface area contributed by atoms with E-state index in [9.17, 15) is 18.0 Å². The number of carbonyl (C=O) groups excluding carboxylic acids is 1. The first-order chi connectivity index (χ1) is 9.81. The third kappa shape index (κ3) is 2.65. The highest BCUT2D eigenvalue weighted by Gasteiger charge is 2.52. The van der Waals surface area contributed by atoms with Crippen LogP contribution in [-0.2, 0) is 17.4 Å². The van der Waals surface area contributed by atoms with E-state index in [4.69, 9.17) is 0 Å². The fourth-order valence-corrected chi connectivity index (χ4v) is 3.90. The molecule has 1 saturated carbocycles. The summed E-state index contributed by atoms with van der Waals surface area (Å²) in [6, 6.07) is 4.60. The summed E-state index contributed by atoms with van der Waals surface area (Å²) >= 11 is 0. The van der Waals surface area contributed by atoms with Gasteiger partial charge in [0.05, 0.1) is 5.56 Å². The average molecular weight is 297 g/mol. The number of carbonyl (C=O) groups is 1. The molecular formula is C16H18F3NO. The van der Waals surface area contributed by atoms with Gasteiger partial charge in [0, 0.05) is 18.5 Å². The molecule has 0 bridgehead atoms. The number of hydrogen-bond donors (Lipinski definition) is 0. The van der Waals surface area contributed by atoms with Gasteiger partial charge in [-0.1, -0.05) is 17.7 Å². The summed E-state index contributed by atoms with van der Waals surface area (Å²) in [5, 5.41) is 0. The van der Waals surface area contributed by atoms with E-state index >= 15 is 0 Å². The number of aryl methyl sites for hydroxylation is 1. The molecule has 1 aliphatic heterocycles. The van der Waals surface area contributed by atoms with Gasteiger partial charge in [-0.2, -0.15) is 13.2 Å². The van der Waals surface area contributed by atoms with Gasteiger partial charge in [-0.05, 0) is 43.7 Å². The maximum atomic E-state index is 13.1. The van der Waals surface area contributed by atoms with Gasteiger partial charge in [0.15, 0.2) is 0 Å². The number of hydrogen-bond acceptors (Lipinski definition) is 1. The quantitative estimate of drug-likeness (QED) is 0.783. The molecule has 3 rings (SSSR count). The van der Waals surface area contributed by atoms with Crippen LogP contribution < -0.4 is 0 Å². The lowest BCUT2D eigenvalue weighted by Gasteiger charge is -2.58. The maximum absolute atomic E-state index is 13.1. The second-order valence-corrected chi connectivity index (χ2v) is 6.65. The average Bonchev–Trinajstić information content (AvgIpc) is 2.31. The van der Waals surface area contributed by atoms with Crippen LogP contribution in [-0.4, -0.2) is 24.4 Å². The van der Waals surface area contributed by atoms with Crippen LogP contribution in [0.5, 0.6) is 0 Å². The van der Waals surface area contributed by atoms with E-state index < -0.39 is 11.7 Å². The van der Waals surface area contributed by atoms with Crippen LogP contribution in [0, 0.1) is 18.3 Å². The Bertz CT molecular complexity index is 553. The lowest BCUT2D eigenvalue weighted by molar-refractivity contribution is -0.143. The molecule has 1 heterocycles. The molecule has 21 heavy (non-hydrogen) atoms. The molecule has 0 N–H and O–H groups in total. The lowest BCUT2D eigenvalue weighted by Crippen LogP contribution is -2.61. The number of likely N-dealkylation sites (tertiary alicyclic amines) is 1. The predicted molar refractivity (Wildman–Crippen MR) is 72.7 cm³/mol. The number of alkyl halides is 3. The zero-order valence-electron chi connectivity index (χ0n) is 11.9. The molecular weight excluding hydrogens is 279 g/mol. The Labute approximate surface area is 121 Å². The largest absolute Gasteiger partial charge is 0.416 e. The monoisotopic (exact) mass is 297 g/mol. The topological polar surface area (TPSA) is 20.3 Å². The third-order valence-electron chi connectivity index (χ3n) is 4.75. The van der Waals surface area contributed by atoms with E-state index in [1.54, 1.807) is 24.0 Å². The van der Waals surface area contributed by atoms with E-state index in [1.165, 1.54) is 6.07 Å². The van der Waals surface area contributed by atoms with Gasteiger partial charge in [-0.15, -0.1) is 0 Å². The van der Waals surface area contributed by atoms with Crippen LogP contribution in [0.3, 0.4) is 0 Å². The van der Waals surface area contributed by atoms with E-state index in [0.717, 1.165) is 32.3 Å². The Hall–Kier alpha value is -1.52. The highest BCUT2D eigenvalue weighted by molar-refractivity contribution is 5.49. The van der Waals surface area contributed by atoms with Gasteiger partial charge < -0.3 is 4.90 Å². The van der Waals surface area contributed by atoms with Gasteiger partial charge >= 0.3 is 6.18 Å². The molecule has 2 aliphatic rings. The van der Waals surface area contributed by atoms with Crippen molar-refractivity contribution in [1.82, 2.24) is 4.90 Å². The van der Waals surface area contributed by atoms with Crippen molar-refractivity contribution in [2.75, 3.05) is 13.1 Å². The molecule has 1 spiro atoms. The first-order valence-electron chi connectivity index (χ1n) is 7.17. The molecule has 0 unspecified atom stereocenters. The summed E-state index contributed by atoms with van der Waals surface area (Å²) in [6.07, 6.45) is -1.09. The van der Waals surface area contributed by atoms with E-state index in [2.05, 4.69) is 0 Å². The van der Waals surface area contributed by atoms with Crippen molar-refractivity contribution in [2.24, 2.45) is 11.3 Å². The number of benzene rings is 1. The molecule has 0 atom stereocenters. The standard InChI is InChI=1S/C16H18F3NO/c1-11-2-3-13(14(4-11)16(17,18)19)5-12-6-15(7-12)8-20(9-15)10-21/h2-4,10,12H,5-9H2,1H3. The fraction of sp³-hybridized carbons (Fsp3) is 0.562. The minimum absolute atomic E-state index is 0.203. The second-order valence-electron chi connectivity index (χ2n) is 6.65. The Balaban J connectivity index is 1.66. The number of nitrogens with zero attached hydrogens (tertiary/aromatic N) is 1. The van der Waals surface area contributed by atoms with E-state index in [1.807, 2.05) is 0 Å². The van der Waals surface area contributed by atoms with Gasteiger partial charge in [0.2, 0.25) is 6.41 Å². The van der Waals surface area contributed by atoms with E-state index in [-0.39, 0.29) is 5.41 Å². The van der Waals surface area contributed by atoms with Crippen LogP contribution in [0.25, 0.3) is 0 Å². The highest BCUT2D eigenvalue weighted by atomic mass is 19.4. The Morgan fingerprint density at radius 1 is 1.33 bits per heavy atom. The number of rotatable bonds is 3. The molecule has 1 aromatic carbocycles. The van der Waals surface area contributed by atoms with E-state index in [0.29, 0.717) is 23.5 Å². The summed E-state index contributed by atoms with van der Waals surface area (Å²) in [6.45, 7) is 3.22. The minimum atomic E-state index is -4.28. The summed E-state index contributed by atoms with van der Waals surface area (Å²) in [7, 11) is 0. The van der Waals surface area contributed by atoms with Crippen LogP contribution >= 0.6 is 0 Å². The van der Waals surface area contributed by atoms with Crippen molar-refractivity contribution in [3.05, 3.63) is 34.9 Å². The molecule has 1 amide bonds. The SMILES string of the molecule is Cc1ccc(CC2CC3(C2)CN(C=O)C3)c(C(F)(F)F)c1. The van der Waals surface area contributed by atoms with Crippen molar-refractivity contribution < 1.29 is 18.0 Å². The molecule has 1 aliphatic carbocycles. The Kier molecular flexibility index (Phi) is 3.26. The summed E-state index contributed by atoms with van der Waals surface area (Å²) < 4.78 is 39.2. The Morgan fingerprint density at radius 3 is 2.57 bits per heavy atom. The molecule has 5 heteroatoms. The zero-order valence-corrected chi connectivity index (χ0v) is 11.9. The third-order valence-corrected chi connectivity index (χ3v) is 4.75. The maximum Gasteiger partial charge on any atom is 0.416 e. The number of halogens is 3. The summed E-state index contributed by atoms with van der Waals surface area (Å²) in [4.78, 5) is 12.3. The van der Waals surface area contributed by atoms with Crippen LogP contribution in [0.1, 0.15) is 29.5 Å². The van der Waals surface area contributed by atoms with Crippen molar-refractivity contribution in [1.29, 1.82) is 0 Å². The number of amides is 1. The first kappa shape index (κ1) is 14.4. The van der Waals surface area contributed by atoms with Crippen molar-refractivity contribution in [3.8, 4) is 0 Å². The molecule has 2 nitrogen and oxygen atoms in total. The molecule has 0 aromatic heterocycles. The van der Waals surface area contributed by atoms with Gasteiger partial charge in [0.25, 0.3) is 0 Å². The van der Waals surface area contributed by atoms with Crippen LogP contribution in [0.4, 0.5) is 13.2 Å². The summed E-state index contributed by atoms with van der Waals surface area (Å²) in [5.41, 5.74) is 0.747. The van der Waals surface area contributed by atoms with Crippen molar-refractivity contribution >= 4 is 6.41 Å². The fourth-order valence-electron chi connectivity index (χ4n) is 3.90. The minimum Gasteiger partial charge on any atom is -0.344 e. The first-order valence-corrected chi connectivity index (χ1v) is 7.17. The normalized spacial score (nSPS) is 21.0. The molecule has 1 saturated heterocycles. The van der Waals surface area contributed by atoms with Crippen LogP contribution in [0.15, 0.2) is 18.2 Å². The predicted octanol–water partition coefficient (Wildman–Crippen LogP) is 3.42. The Morgan fingerprint density at radius 2 is 2.00 bits per heavy atom. The zero-order chi connectivity index (χ0) is 15.3. The van der Waals surface area contributed by atoms with Gasteiger partial charge in [-0.3, -0.25) is 4.79 Å². The lowest BCUT2D eigenvalue weighted by atomic mass is 9.56. The summed E-state index contributed by atoms with van der Waals surface area (Å²) in [5.74, 6) is 0.308. The smallest absolute Gasteiger partial charge is 0.344 e. The molecule has 1 aromatic rings. The van der Waals surface area contributed by atoms with Crippen molar-refractivity contribution in [2.45, 2.75) is 32.4 Å². The van der Waals surface area contributed by atoms with Crippen molar-refractivity contribution in [3.63, 3.8) is 0 Å². The molecule has 114 valence electrons. The van der Waals surface area contributed by atoms with Gasteiger partial charge in [-0.25, -0.2) is 0 Å². The highest BCUT2D eigenvalue weighted by Crippen LogP contribution is 2.52.